The summed E-state index contributed by atoms with van der Waals surface area (Å²) in [5.74, 6) is 2.24. The van der Waals surface area contributed by atoms with Crippen LogP contribution in [-0.2, 0) is 4.79 Å². The van der Waals surface area contributed by atoms with Crippen molar-refractivity contribution in [2.24, 2.45) is 0 Å². The predicted octanol–water partition coefficient (Wildman–Crippen LogP) is 2.33. The molecule has 0 saturated heterocycles. The second-order valence-corrected chi connectivity index (χ2v) is 5.49. The first-order valence-electron chi connectivity index (χ1n) is 7.03. The zero-order valence-corrected chi connectivity index (χ0v) is 14.9. The summed E-state index contributed by atoms with van der Waals surface area (Å²) in [6.45, 7) is 4.45. The molecule has 0 radical (unpaired) electrons. The quantitative estimate of drug-likeness (QED) is 0.502. The molecule has 0 fully saturated rings. The Hall–Kier alpha value is -1.11. The van der Waals surface area contributed by atoms with E-state index < -0.39 is 0 Å². The van der Waals surface area contributed by atoms with Crippen LogP contribution in [0, 0.1) is 0 Å². The molecule has 0 unspecified atom stereocenters. The van der Waals surface area contributed by atoms with E-state index in [0.29, 0.717) is 24.5 Å². The van der Waals surface area contributed by atoms with Gasteiger partial charge in [0.05, 0.1) is 14.2 Å². The molecule has 1 aromatic rings. The second-order valence-electron chi connectivity index (χ2n) is 4.32. The van der Waals surface area contributed by atoms with Crippen LogP contribution in [0.1, 0.15) is 13.3 Å². The molecule has 126 valence electrons. The monoisotopic (exact) mass is 348 g/mol. The molecule has 0 aromatic heterocycles. The molecule has 0 heterocycles. The van der Waals surface area contributed by atoms with Crippen LogP contribution in [0.5, 0.6) is 11.5 Å². The SMILES string of the molecule is CCNCCNC(=O)CCSc1ccc(OC)c(OC)c1.Cl. The fourth-order valence-electron chi connectivity index (χ4n) is 1.72. The van der Waals surface area contributed by atoms with Gasteiger partial charge in [-0.2, -0.15) is 0 Å². The number of methoxy groups -OCH3 is 2. The van der Waals surface area contributed by atoms with Gasteiger partial charge in [-0.1, -0.05) is 6.92 Å². The highest BCUT2D eigenvalue weighted by atomic mass is 35.5. The van der Waals surface area contributed by atoms with Crippen LogP contribution in [-0.4, -0.2) is 45.5 Å². The second kappa shape index (κ2) is 12.4. The van der Waals surface area contributed by atoms with Crippen LogP contribution >= 0.6 is 24.2 Å². The van der Waals surface area contributed by atoms with E-state index in [2.05, 4.69) is 10.6 Å². The van der Waals surface area contributed by atoms with Crippen LogP contribution in [0.2, 0.25) is 0 Å². The van der Waals surface area contributed by atoms with Crippen molar-refractivity contribution < 1.29 is 14.3 Å². The first-order chi connectivity index (χ1) is 10.2. The number of likely N-dealkylation sites (N-methyl/N-ethyl adjacent to an activating group) is 1. The van der Waals surface area contributed by atoms with E-state index in [4.69, 9.17) is 9.47 Å². The Bertz CT molecular complexity index is 447. The van der Waals surface area contributed by atoms with Gasteiger partial charge in [-0.3, -0.25) is 4.79 Å². The lowest BCUT2D eigenvalue weighted by Crippen LogP contribution is -2.31. The Labute approximate surface area is 142 Å². The summed E-state index contributed by atoms with van der Waals surface area (Å²) < 4.78 is 10.4. The summed E-state index contributed by atoms with van der Waals surface area (Å²) in [7, 11) is 3.23. The number of ether oxygens (including phenoxy) is 2. The molecular formula is C15H25ClN2O3S. The van der Waals surface area contributed by atoms with Gasteiger partial charge in [0.25, 0.3) is 0 Å². The highest BCUT2D eigenvalue weighted by Crippen LogP contribution is 2.31. The third kappa shape index (κ3) is 7.77. The van der Waals surface area contributed by atoms with E-state index in [1.54, 1.807) is 26.0 Å². The predicted molar refractivity (Wildman–Crippen MR) is 93.7 cm³/mol. The molecular weight excluding hydrogens is 324 g/mol. The average Bonchev–Trinajstić information content (AvgIpc) is 2.51. The highest BCUT2D eigenvalue weighted by molar-refractivity contribution is 7.99. The lowest BCUT2D eigenvalue weighted by molar-refractivity contribution is -0.120. The van der Waals surface area contributed by atoms with Gasteiger partial charge in [0.1, 0.15) is 0 Å². The van der Waals surface area contributed by atoms with E-state index in [0.717, 1.165) is 23.7 Å². The fourth-order valence-corrected chi connectivity index (χ4v) is 2.60. The van der Waals surface area contributed by atoms with Gasteiger partial charge in [-0.15, -0.1) is 24.2 Å². The Morgan fingerprint density at radius 2 is 1.91 bits per heavy atom. The number of amides is 1. The number of carbonyl (C=O) groups excluding carboxylic acids is 1. The maximum absolute atomic E-state index is 11.6. The van der Waals surface area contributed by atoms with Crippen molar-refractivity contribution in [1.29, 1.82) is 0 Å². The average molecular weight is 349 g/mol. The summed E-state index contributed by atoms with van der Waals surface area (Å²) in [6, 6.07) is 5.76. The maximum atomic E-state index is 11.6. The summed E-state index contributed by atoms with van der Waals surface area (Å²) >= 11 is 1.63. The van der Waals surface area contributed by atoms with Gasteiger partial charge in [0.15, 0.2) is 11.5 Å². The van der Waals surface area contributed by atoms with Crippen LogP contribution in [0.3, 0.4) is 0 Å². The van der Waals surface area contributed by atoms with Gasteiger partial charge in [-0.05, 0) is 24.7 Å². The summed E-state index contributed by atoms with van der Waals surface area (Å²) in [5, 5.41) is 6.05. The normalized spacial score (nSPS) is 9.77. The smallest absolute Gasteiger partial charge is 0.220 e. The molecule has 1 rings (SSSR count). The Kier molecular flexibility index (Phi) is 11.8. The van der Waals surface area contributed by atoms with Gasteiger partial charge in [-0.25, -0.2) is 0 Å². The molecule has 2 N–H and O–H groups in total. The summed E-state index contributed by atoms with van der Waals surface area (Å²) in [5.41, 5.74) is 0. The number of carbonyl (C=O) groups is 1. The number of thioether (sulfide) groups is 1. The van der Waals surface area contributed by atoms with E-state index >= 15 is 0 Å². The molecule has 22 heavy (non-hydrogen) atoms. The third-order valence-corrected chi connectivity index (χ3v) is 3.82. The highest BCUT2D eigenvalue weighted by Gasteiger charge is 2.06. The number of halogens is 1. The van der Waals surface area contributed by atoms with Crippen molar-refractivity contribution in [3.8, 4) is 11.5 Å². The van der Waals surface area contributed by atoms with Crippen molar-refractivity contribution in [3.63, 3.8) is 0 Å². The minimum atomic E-state index is 0. The molecule has 0 aliphatic heterocycles. The lowest BCUT2D eigenvalue weighted by Gasteiger charge is -2.09. The number of hydrogen-bond acceptors (Lipinski definition) is 5. The first-order valence-corrected chi connectivity index (χ1v) is 8.02. The molecule has 0 saturated carbocycles. The van der Waals surface area contributed by atoms with Gasteiger partial charge < -0.3 is 20.1 Å². The molecule has 5 nitrogen and oxygen atoms in total. The molecule has 0 spiro atoms. The number of hydrogen-bond donors (Lipinski definition) is 2. The molecule has 0 aliphatic rings. The molecule has 7 heteroatoms. The lowest BCUT2D eigenvalue weighted by atomic mass is 10.3. The van der Waals surface area contributed by atoms with Crippen molar-refractivity contribution in [2.45, 2.75) is 18.2 Å². The Morgan fingerprint density at radius 1 is 1.18 bits per heavy atom. The molecule has 1 amide bonds. The van der Waals surface area contributed by atoms with Crippen LogP contribution in [0.25, 0.3) is 0 Å². The number of benzene rings is 1. The summed E-state index contributed by atoms with van der Waals surface area (Å²) in [4.78, 5) is 12.7. The molecule has 0 aliphatic carbocycles. The minimum absolute atomic E-state index is 0. The molecule has 0 bridgehead atoms. The first kappa shape index (κ1) is 20.9. The largest absolute Gasteiger partial charge is 0.493 e. The van der Waals surface area contributed by atoms with E-state index in [1.807, 2.05) is 25.1 Å². The number of nitrogens with one attached hydrogen (secondary N) is 2. The van der Waals surface area contributed by atoms with Gasteiger partial charge in [0, 0.05) is 30.2 Å². The zero-order chi connectivity index (χ0) is 15.5. The van der Waals surface area contributed by atoms with E-state index in [-0.39, 0.29) is 18.3 Å². The zero-order valence-electron chi connectivity index (χ0n) is 13.3. The minimum Gasteiger partial charge on any atom is -0.493 e. The standard InChI is InChI=1S/C15H24N2O3S.ClH/c1-4-16-8-9-17-15(18)7-10-21-12-5-6-13(19-2)14(11-12)20-3;/h5-6,11,16H,4,7-10H2,1-3H3,(H,17,18);1H. The van der Waals surface area contributed by atoms with Crippen molar-refractivity contribution in [2.75, 3.05) is 39.6 Å². The van der Waals surface area contributed by atoms with Gasteiger partial charge in [0.2, 0.25) is 5.91 Å². The van der Waals surface area contributed by atoms with Crippen molar-refractivity contribution >= 4 is 30.1 Å². The fraction of sp³-hybridized carbons (Fsp3) is 0.533. The van der Waals surface area contributed by atoms with Crippen molar-refractivity contribution in [1.82, 2.24) is 10.6 Å². The van der Waals surface area contributed by atoms with Crippen LogP contribution in [0.4, 0.5) is 0 Å². The third-order valence-electron chi connectivity index (χ3n) is 2.83. The number of rotatable bonds is 10. The Morgan fingerprint density at radius 3 is 2.55 bits per heavy atom. The topological polar surface area (TPSA) is 59.6 Å². The molecule has 1 aromatic carbocycles. The van der Waals surface area contributed by atoms with Gasteiger partial charge >= 0.3 is 0 Å². The van der Waals surface area contributed by atoms with Crippen molar-refractivity contribution in [3.05, 3.63) is 18.2 Å². The summed E-state index contributed by atoms with van der Waals surface area (Å²) in [6.07, 6.45) is 0.505. The molecule has 0 atom stereocenters. The van der Waals surface area contributed by atoms with Crippen LogP contribution in [0.15, 0.2) is 23.1 Å². The Balaban J connectivity index is 0.00000441. The van der Waals surface area contributed by atoms with E-state index in [9.17, 15) is 4.79 Å². The maximum Gasteiger partial charge on any atom is 0.220 e. The van der Waals surface area contributed by atoms with E-state index in [1.165, 1.54) is 0 Å². The van der Waals surface area contributed by atoms with Crippen LogP contribution < -0.4 is 20.1 Å².